The van der Waals surface area contributed by atoms with Crippen molar-refractivity contribution >= 4 is 51.8 Å². The molecule has 220 valence electrons. The molecule has 2 heterocycles. The van der Waals surface area contributed by atoms with Gasteiger partial charge >= 0.3 is 5.97 Å². The zero-order valence-electron chi connectivity index (χ0n) is 23.9. The Balaban J connectivity index is 1.19. The largest absolute Gasteiger partial charge is 0.507 e. The number of anilines is 1. The third-order valence-corrected chi connectivity index (χ3v) is 9.64. The van der Waals surface area contributed by atoms with Crippen molar-refractivity contribution in [2.75, 3.05) is 11.5 Å². The van der Waals surface area contributed by atoms with E-state index in [0.717, 1.165) is 6.42 Å². The van der Waals surface area contributed by atoms with Crippen LogP contribution >= 0.6 is 11.6 Å². The van der Waals surface area contributed by atoms with E-state index in [1.165, 1.54) is 22.6 Å². The van der Waals surface area contributed by atoms with E-state index in [1.54, 1.807) is 61.5 Å². The maximum Gasteiger partial charge on any atom is 0.339 e. The summed E-state index contributed by atoms with van der Waals surface area (Å²) in [5, 5.41) is 11.0. The number of aryl methyl sites for hydroxylation is 1. The van der Waals surface area contributed by atoms with Crippen LogP contribution < -0.4 is 4.90 Å². The summed E-state index contributed by atoms with van der Waals surface area (Å²) in [6.45, 7) is 3.28. The normalized spacial score (nSPS) is 22.0. The first-order valence-corrected chi connectivity index (χ1v) is 14.8. The minimum absolute atomic E-state index is 0.0564. The lowest BCUT2D eigenvalue weighted by Gasteiger charge is -2.19. The number of phenols is 1. The van der Waals surface area contributed by atoms with Crippen LogP contribution in [0.4, 0.5) is 5.69 Å². The van der Waals surface area contributed by atoms with Gasteiger partial charge in [0.05, 0.1) is 39.9 Å². The van der Waals surface area contributed by atoms with Gasteiger partial charge in [0.25, 0.3) is 0 Å². The number of para-hydroxylation sites is 1. The number of hydrogen-bond acceptors (Lipinski definition) is 7. The Morgan fingerprint density at radius 1 is 0.977 bits per heavy atom. The molecule has 8 nitrogen and oxygen atoms in total. The second kappa shape index (κ2) is 10.4. The summed E-state index contributed by atoms with van der Waals surface area (Å²) < 4.78 is 5.40. The molecule has 2 aliphatic carbocycles. The van der Waals surface area contributed by atoms with Crippen molar-refractivity contribution in [2.24, 2.45) is 23.7 Å². The Morgan fingerprint density at radius 3 is 2.45 bits per heavy atom. The third-order valence-electron chi connectivity index (χ3n) is 9.23. The van der Waals surface area contributed by atoms with Crippen LogP contribution in [0.3, 0.4) is 0 Å². The lowest BCUT2D eigenvalue weighted by atomic mass is 9.82. The van der Waals surface area contributed by atoms with Crippen LogP contribution in [0.15, 0.2) is 78.4 Å². The number of carbonyl (C=O) groups excluding carboxylic acids is 4. The molecule has 0 spiro atoms. The van der Waals surface area contributed by atoms with E-state index >= 15 is 0 Å². The van der Waals surface area contributed by atoms with E-state index in [1.807, 2.05) is 6.92 Å². The van der Waals surface area contributed by atoms with E-state index in [9.17, 15) is 24.3 Å². The number of aromatic nitrogens is 1. The van der Waals surface area contributed by atoms with Crippen LogP contribution in [-0.4, -0.2) is 40.3 Å². The number of nitrogens with zero attached hydrogens (tertiary/aromatic N) is 2. The van der Waals surface area contributed by atoms with Gasteiger partial charge in [-0.25, -0.2) is 9.78 Å². The zero-order chi connectivity index (χ0) is 30.9. The van der Waals surface area contributed by atoms with Crippen molar-refractivity contribution in [3.8, 4) is 17.0 Å². The SMILES string of the molecule is CC1=CC2CC1C1C(=O)N(c3ccc(-c4cc(C(=O)OCC(=O)c5ccccc5O)c5ccc(Cl)c(C)c5n4)cc3)C(=O)C21. The number of benzene rings is 3. The van der Waals surface area contributed by atoms with Crippen molar-refractivity contribution in [2.45, 2.75) is 20.3 Å². The highest BCUT2D eigenvalue weighted by molar-refractivity contribution is 6.32. The summed E-state index contributed by atoms with van der Waals surface area (Å²) in [7, 11) is 0. The summed E-state index contributed by atoms with van der Waals surface area (Å²) in [6.07, 6.45) is 3.02. The van der Waals surface area contributed by atoms with Crippen LogP contribution in [0, 0.1) is 30.6 Å². The number of allylic oxidation sites excluding steroid dienone is 2. The summed E-state index contributed by atoms with van der Waals surface area (Å²) >= 11 is 6.40. The predicted molar refractivity (Wildman–Crippen MR) is 164 cm³/mol. The number of hydrogen-bond donors (Lipinski definition) is 1. The van der Waals surface area contributed by atoms with Crippen molar-refractivity contribution < 1.29 is 29.0 Å². The zero-order valence-corrected chi connectivity index (χ0v) is 24.7. The average molecular weight is 607 g/mol. The number of carbonyl (C=O) groups is 4. The first-order chi connectivity index (χ1) is 21.1. The highest BCUT2D eigenvalue weighted by Gasteiger charge is 2.60. The van der Waals surface area contributed by atoms with Crippen LogP contribution in [-0.2, 0) is 14.3 Å². The third kappa shape index (κ3) is 4.32. The van der Waals surface area contributed by atoms with Crippen molar-refractivity contribution in [1.29, 1.82) is 0 Å². The molecule has 2 amide bonds. The molecule has 1 saturated carbocycles. The number of phenolic OH excluding ortho intramolecular Hbond substituents is 1. The molecule has 3 aliphatic rings. The minimum Gasteiger partial charge on any atom is -0.507 e. The van der Waals surface area contributed by atoms with Gasteiger partial charge in [0.15, 0.2) is 6.61 Å². The number of esters is 1. The molecule has 1 aromatic heterocycles. The number of aromatic hydroxyl groups is 1. The number of Topliss-reactive ketones (excluding diaryl/α,β-unsaturated/α-hetero) is 1. The fraction of sp³-hybridized carbons (Fsp3) is 0.229. The van der Waals surface area contributed by atoms with E-state index < -0.39 is 18.4 Å². The number of rotatable bonds is 6. The van der Waals surface area contributed by atoms with Crippen molar-refractivity contribution in [3.63, 3.8) is 0 Å². The summed E-state index contributed by atoms with van der Waals surface area (Å²) in [6, 6.07) is 17.9. The Morgan fingerprint density at radius 2 is 1.70 bits per heavy atom. The summed E-state index contributed by atoms with van der Waals surface area (Å²) in [5.41, 5.74) is 4.20. The number of imide groups is 1. The first kappa shape index (κ1) is 28.0. The molecule has 1 N–H and O–H groups in total. The lowest BCUT2D eigenvalue weighted by molar-refractivity contribution is -0.123. The lowest BCUT2D eigenvalue weighted by Crippen LogP contribution is -2.32. The van der Waals surface area contributed by atoms with Gasteiger partial charge in [-0.05, 0) is 74.1 Å². The second-order valence-corrected chi connectivity index (χ2v) is 12.1. The van der Waals surface area contributed by atoms with Gasteiger partial charge in [0.2, 0.25) is 17.6 Å². The molecule has 1 saturated heterocycles. The molecule has 3 aromatic carbocycles. The maximum atomic E-state index is 13.4. The van der Waals surface area contributed by atoms with E-state index in [0.29, 0.717) is 38.4 Å². The topological polar surface area (TPSA) is 114 Å². The number of pyridine rings is 1. The monoisotopic (exact) mass is 606 g/mol. The van der Waals surface area contributed by atoms with Gasteiger partial charge < -0.3 is 9.84 Å². The van der Waals surface area contributed by atoms with Gasteiger partial charge in [0.1, 0.15) is 5.75 Å². The standard InChI is InChI=1S/C35H27ClN2O6/c1-17-13-20-14-24(17)31-30(20)33(41)38(34(31)42)21-9-7-19(8-10-21)27-15-25(22-11-12-26(36)18(2)32(22)37-27)35(43)44-16-29(40)23-5-3-4-6-28(23)39/h3-13,15,20,24,30-31,39H,14,16H2,1-2H3. The molecule has 7 rings (SSSR count). The first-order valence-electron chi connectivity index (χ1n) is 14.4. The van der Waals surface area contributed by atoms with Crippen molar-refractivity contribution in [1.82, 2.24) is 4.98 Å². The van der Waals surface area contributed by atoms with Crippen LogP contribution in [0.25, 0.3) is 22.2 Å². The summed E-state index contributed by atoms with van der Waals surface area (Å²) in [5.74, 6) is -2.11. The van der Waals surface area contributed by atoms with Crippen LogP contribution in [0.5, 0.6) is 5.75 Å². The Labute approximate surface area is 257 Å². The Kier molecular flexibility index (Phi) is 6.62. The minimum atomic E-state index is -0.737. The van der Waals surface area contributed by atoms with Gasteiger partial charge in [-0.3, -0.25) is 19.3 Å². The van der Waals surface area contributed by atoms with Gasteiger partial charge in [-0.2, -0.15) is 0 Å². The molecule has 9 heteroatoms. The number of ether oxygens (including phenoxy) is 1. The molecule has 1 aliphatic heterocycles. The molecular weight excluding hydrogens is 580 g/mol. The number of fused-ring (bicyclic) bond motifs is 6. The quantitative estimate of drug-likeness (QED) is 0.118. The number of ketones is 1. The Hall–Kier alpha value is -4.82. The maximum absolute atomic E-state index is 13.4. The second-order valence-electron chi connectivity index (χ2n) is 11.7. The molecule has 4 unspecified atom stereocenters. The molecule has 0 radical (unpaired) electrons. The van der Waals surface area contributed by atoms with Crippen LogP contribution in [0.2, 0.25) is 5.02 Å². The highest BCUT2D eigenvalue weighted by Crippen LogP contribution is 2.56. The fourth-order valence-electron chi connectivity index (χ4n) is 7.03. The molecule has 2 fully saturated rings. The van der Waals surface area contributed by atoms with Gasteiger partial charge in [0, 0.05) is 16.0 Å². The van der Waals surface area contributed by atoms with E-state index in [4.69, 9.17) is 21.3 Å². The average Bonchev–Trinajstić information content (AvgIpc) is 3.67. The predicted octanol–water partition coefficient (Wildman–Crippen LogP) is 6.31. The van der Waals surface area contributed by atoms with Crippen LogP contribution in [0.1, 0.15) is 39.6 Å². The smallest absolute Gasteiger partial charge is 0.339 e. The molecule has 4 atom stereocenters. The number of amides is 2. The van der Waals surface area contributed by atoms with E-state index in [2.05, 4.69) is 6.08 Å². The molecule has 44 heavy (non-hydrogen) atoms. The van der Waals surface area contributed by atoms with E-state index in [-0.39, 0.29) is 52.4 Å². The molecule has 2 bridgehead atoms. The fourth-order valence-corrected chi connectivity index (χ4v) is 7.18. The van der Waals surface area contributed by atoms with Crippen molar-refractivity contribution in [3.05, 3.63) is 100 Å². The van der Waals surface area contributed by atoms with Gasteiger partial charge in [-0.15, -0.1) is 0 Å². The Bertz CT molecular complexity index is 1950. The number of halogens is 1. The van der Waals surface area contributed by atoms with Gasteiger partial charge in [-0.1, -0.05) is 53.6 Å². The highest BCUT2D eigenvalue weighted by atomic mass is 35.5. The molecular formula is C35H27ClN2O6. The molecule has 4 aromatic rings. The summed E-state index contributed by atoms with van der Waals surface area (Å²) in [4.78, 5) is 58.9.